The second kappa shape index (κ2) is 7.58. The summed E-state index contributed by atoms with van der Waals surface area (Å²) in [5.74, 6) is 0.181. The molecule has 0 atom stereocenters. The second-order valence-corrected chi connectivity index (χ2v) is 8.62. The summed E-state index contributed by atoms with van der Waals surface area (Å²) >= 11 is 7.62. The van der Waals surface area contributed by atoms with E-state index in [1.165, 1.54) is 11.3 Å². The molecule has 0 radical (unpaired) electrons. The Hall–Kier alpha value is -1.96. The van der Waals surface area contributed by atoms with Crippen molar-refractivity contribution >= 4 is 45.6 Å². The molecule has 1 aromatic carbocycles. The van der Waals surface area contributed by atoms with Crippen molar-refractivity contribution in [3.8, 4) is 0 Å². The molecule has 2 amide bonds. The number of aromatic nitrogens is 1. The van der Waals surface area contributed by atoms with Gasteiger partial charge in [0.25, 0.3) is 0 Å². The van der Waals surface area contributed by atoms with Gasteiger partial charge in [0.05, 0.1) is 12.2 Å². The van der Waals surface area contributed by atoms with Crippen molar-refractivity contribution in [1.82, 2.24) is 9.88 Å². The molecule has 8 heteroatoms. The van der Waals surface area contributed by atoms with Gasteiger partial charge in [-0.1, -0.05) is 17.7 Å². The molecule has 6 nitrogen and oxygen atoms in total. The van der Waals surface area contributed by atoms with Crippen LogP contribution in [-0.2, 0) is 22.6 Å². The van der Waals surface area contributed by atoms with E-state index in [9.17, 15) is 9.59 Å². The highest BCUT2D eigenvalue weighted by molar-refractivity contribution is 7.15. The van der Waals surface area contributed by atoms with E-state index in [1.807, 2.05) is 19.1 Å². The van der Waals surface area contributed by atoms with E-state index in [0.29, 0.717) is 28.9 Å². The number of anilines is 2. The van der Waals surface area contributed by atoms with Crippen LogP contribution < -0.4 is 10.6 Å². The maximum Gasteiger partial charge on any atom is 0.238 e. The third-order valence-electron chi connectivity index (χ3n) is 4.81. The number of carbonyl (C=O) groups excluding carboxylic acids is 2. The smallest absolute Gasteiger partial charge is 0.238 e. The van der Waals surface area contributed by atoms with Crippen LogP contribution in [0.5, 0.6) is 0 Å². The molecular weight excluding hydrogens is 384 g/mol. The molecule has 142 valence electrons. The highest BCUT2D eigenvalue weighted by Crippen LogP contribution is 2.33. The molecule has 1 aliphatic heterocycles. The molecule has 0 saturated heterocycles. The normalized spacial score (nSPS) is 16.7. The van der Waals surface area contributed by atoms with Gasteiger partial charge in [-0.15, -0.1) is 11.3 Å². The number of nitrogens with one attached hydrogen (secondary N) is 2. The minimum Gasteiger partial charge on any atom is -0.325 e. The van der Waals surface area contributed by atoms with Crippen LogP contribution in [0.2, 0.25) is 5.02 Å². The summed E-state index contributed by atoms with van der Waals surface area (Å²) in [6, 6.07) is 5.51. The zero-order chi connectivity index (χ0) is 19.0. The average molecular weight is 405 g/mol. The molecule has 1 fully saturated rings. The minimum atomic E-state index is -0.0647. The Kier molecular flexibility index (Phi) is 5.16. The van der Waals surface area contributed by atoms with Crippen molar-refractivity contribution in [2.24, 2.45) is 5.92 Å². The molecule has 4 rings (SSSR count). The largest absolute Gasteiger partial charge is 0.325 e. The Morgan fingerprint density at radius 2 is 2.15 bits per heavy atom. The molecule has 1 aromatic heterocycles. The highest BCUT2D eigenvalue weighted by Gasteiger charge is 2.31. The molecule has 27 heavy (non-hydrogen) atoms. The minimum absolute atomic E-state index is 0.0647. The Morgan fingerprint density at radius 3 is 2.89 bits per heavy atom. The fraction of sp³-hybridized carbons (Fsp3) is 0.421. The predicted molar refractivity (Wildman–Crippen MR) is 107 cm³/mol. The van der Waals surface area contributed by atoms with Crippen molar-refractivity contribution in [3.05, 3.63) is 39.4 Å². The second-order valence-electron chi connectivity index (χ2n) is 7.13. The summed E-state index contributed by atoms with van der Waals surface area (Å²) in [5, 5.41) is 7.13. The number of aryl methyl sites for hydroxylation is 1. The number of hydrogen-bond donors (Lipinski definition) is 2. The number of thiazole rings is 1. The maximum absolute atomic E-state index is 12.4. The number of amides is 2. The molecule has 2 heterocycles. The van der Waals surface area contributed by atoms with Crippen LogP contribution in [0.25, 0.3) is 0 Å². The predicted octanol–water partition coefficient (Wildman–Crippen LogP) is 3.45. The zero-order valence-corrected chi connectivity index (χ0v) is 16.6. The third-order valence-corrected chi connectivity index (χ3v) is 6.22. The topological polar surface area (TPSA) is 74.3 Å². The van der Waals surface area contributed by atoms with E-state index < -0.39 is 0 Å². The summed E-state index contributed by atoms with van der Waals surface area (Å²) in [6.07, 6.45) is 2.74. The van der Waals surface area contributed by atoms with E-state index in [4.69, 9.17) is 11.6 Å². The van der Waals surface area contributed by atoms with Gasteiger partial charge >= 0.3 is 0 Å². The van der Waals surface area contributed by atoms with E-state index >= 15 is 0 Å². The van der Waals surface area contributed by atoms with Crippen LogP contribution in [0.1, 0.15) is 29.0 Å². The molecule has 0 unspecified atom stereocenters. The molecule has 1 aliphatic carbocycles. The van der Waals surface area contributed by atoms with Gasteiger partial charge in [0.1, 0.15) is 0 Å². The van der Waals surface area contributed by atoms with Crippen LogP contribution in [0.3, 0.4) is 0 Å². The van der Waals surface area contributed by atoms with E-state index in [-0.39, 0.29) is 17.7 Å². The van der Waals surface area contributed by atoms with Gasteiger partial charge in [0, 0.05) is 41.0 Å². The molecule has 1 saturated carbocycles. The first kappa shape index (κ1) is 18.4. The molecule has 0 bridgehead atoms. The fourth-order valence-electron chi connectivity index (χ4n) is 3.06. The quantitative estimate of drug-likeness (QED) is 0.800. The van der Waals surface area contributed by atoms with E-state index in [0.717, 1.165) is 41.9 Å². The zero-order valence-electron chi connectivity index (χ0n) is 15.0. The van der Waals surface area contributed by atoms with Crippen LogP contribution >= 0.6 is 22.9 Å². The monoisotopic (exact) mass is 404 g/mol. The van der Waals surface area contributed by atoms with Gasteiger partial charge in [-0.3, -0.25) is 14.5 Å². The molecule has 2 aliphatic rings. The fourth-order valence-corrected chi connectivity index (χ4v) is 4.30. The summed E-state index contributed by atoms with van der Waals surface area (Å²) in [5.41, 5.74) is 2.72. The summed E-state index contributed by atoms with van der Waals surface area (Å²) < 4.78 is 0. The Balaban J connectivity index is 1.33. The SMILES string of the molecule is Cc1ccc(NC(=O)CN2CCc3nc(NC(=O)C4CC4)sc3C2)cc1Cl. The van der Waals surface area contributed by atoms with Crippen molar-refractivity contribution in [2.75, 3.05) is 23.7 Å². The van der Waals surface area contributed by atoms with Crippen LogP contribution in [0, 0.1) is 12.8 Å². The van der Waals surface area contributed by atoms with Crippen molar-refractivity contribution < 1.29 is 9.59 Å². The van der Waals surface area contributed by atoms with Crippen LogP contribution in [0.4, 0.5) is 10.8 Å². The average Bonchev–Trinajstić information content (AvgIpc) is 3.39. The van der Waals surface area contributed by atoms with Gasteiger partial charge < -0.3 is 10.6 Å². The lowest BCUT2D eigenvalue weighted by Crippen LogP contribution is -2.36. The molecular formula is C19H21ClN4O2S. The lowest BCUT2D eigenvalue weighted by Gasteiger charge is -2.25. The molecule has 2 aromatic rings. The van der Waals surface area contributed by atoms with Crippen molar-refractivity contribution in [1.29, 1.82) is 0 Å². The number of fused-ring (bicyclic) bond motifs is 1. The first-order valence-corrected chi connectivity index (χ1v) is 10.2. The van der Waals surface area contributed by atoms with Crippen molar-refractivity contribution in [3.63, 3.8) is 0 Å². The van der Waals surface area contributed by atoms with Crippen LogP contribution in [0.15, 0.2) is 18.2 Å². The third kappa shape index (κ3) is 4.48. The summed E-state index contributed by atoms with van der Waals surface area (Å²) in [4.78, 5) is 32.0. The lowest BCUT2D eigenvalue weighted by atomic mass is 10.2. The van der Waals surface area contributed by atoms with Gasteiger partial charge in [-0.25, -0.2) is 4.98 Å². The van der Waals surface area contributed by atoms with Gasteiger partial charge in [0.2, 0.25) is 11.8 Å². The van der Waals surface area contributed by atoms with Gasteiger partial charge in [0.15, 0.2) is 5.13 Å². The molecule has 0 spiro atoms. The van der Waals surface area contributed by atoms with E-state index in [1.54, 1.807) is 6.07 Å². The first-order valence-electron chi connectivity index (χ1n) is 9.06. The van der Waals surface area contributed by atoms with Crippen LogP contribution in [-0.4, -0.2) is 34.8 Å². The van der Waals surface area contributed by atoms with Crippen molar-refractivity contribution in [2.45, 2.75) is 32.7 Å². The number of benzene rings is 1. The lowest BCUT2D eigenvalue weighted by molar-refractivity contribution is -0.118. The molecule has 2 N–H and O–H groups in total. The number of carbonyl (C=O) groups is 2. The standard InChI is InChI=1S/C19H21ClN4O2S/c1-11-2-5-13(8-14(11)20)21-17(25)10-24-7-6-15-16(9-24)27-19(22-15)23-18(26)12-3-4-12/h2,5,8,12H,3-4,6-7,9-10H2,1H3,(H,21,25)(H,22,23,26). The van der Waals surface area contributed by atoms with Gasteiger partial charge in [-0.2, -0.15) is 0 Å². The number of rotatable bonds is 5. The highest BCUT2D eigenvalue weighted by atomic mass is 35.5. The number of nitrogens with zero attached hydrogens (tertiary/aromatic N) is 2. The number of hydrogen-bond acceptors (Lipinski definition) is 5. The Morgan fingerprint density at radius 1 is 1.33 bits per heavy atom. The Labute approximate surface area is 166 Å². The summed E-state index contributed by atoms with van der Waals surface area (Å²) in [6.45, 7) is 3.69. The van der Waals surface area contributed by atoms with E-state index in [2.05, 4.69) is 20.5 Å². The maximum atomic E-state index is 12.4. The number of halogens is 1. The summed E-state index contributed by atoms with van der Waals surface area (Å²) in [7, 11) is 0. The van der Waals surface area contributed by atoms with Gasteiger partial charge in [-0.05, 0) is 37.5 Å². The Bertz CT molecular complexity index is 894. The first-order chi connectivity index (χ1) is 13.0.